The van der Waals surface area contributed by atoms with Gasteiger partial charge < -0.3 is 4.74 Å². The first-order chi connectivity index (χ1) is 7.15. The Kier molecular flexibility index (Phi) is 5.62. The zero-order valence-electron chi connectivity index (χ0n) is 10.4. The fourth-order valence-electron chi connectivity index (χ4n) is 2.68. The molecule has 1 aliphatic carbocycles. The molecule has 0 spiro atoms. The largest absolute Gasteiger partial charge is 0.371 e. The highest BCUT2D eigenvalue weighted by molar-refractivity contribution is 9.09. The number of alkyl halides is 1. The Balaban J connectivity index is 2.58. The van der Waals surface area contributed by atoms with Gasteiger partial charge in [0.05, 0.1) is 11.7 Å². The van der Waals surface area contributed by atoms with Gasteiger partial charge in [0.15, 0.2) is 0 Å². The molecule has 1 rings (SSSR count). The van der Waals surface area contributed by atoms with Crippen molar-refractivity contribution in [3.8, 4) is 0 Å². The van der Waals surface area contributed by atoms with Gasteiger partial charge in [0, 0.05) is 5.33 Å². The third-order valence-corrected chi connectivity index (χ3v) is 4.64. The van der Waals surface area contributed by atoms with Crippen LogP contribution < -0.4 is 0 Å². The van der Waals surface area contributed by atoms with Gasteiger partial charge >= 0.3 is 0 Å². The Hall–Kier alpha value is 0.440. The average Bonchev–Trinajstić information content (AvgIpc) is 2.26. The Labute approximate surface area is 103 Å². The Morgan fingerprint density at radius 3 is 2.53 bits per heavy atom. The van der Waals surface area contributed by atoms with Crippen molar-refractivity contribution in [1.29, 1.82) is 0 Å². The summed E-state index contributed by atoms with van der Waals surface area (Å²) in [6, 6.07) is 0. The van der Waals surface area contributed by atoms with E-state index in [0.29, 0.717) is 6.10 Å². The second kappa shape index (κ2) is 6.24. The summed E-state index contributed by atoms with van der Waals surface area (Å²) >= 11 is 3.66. The van der Waals surface area contributed by atoms with Crippen LogP contribution >= 0.6 is 15.9 Å². The van der Waals surface area contributed by atoms with Crippen LogP contribution in [0.15, 0.2) is 0 Å². The summed E-state index contributed by atoms with van der Waals surface area (Å²) in [5, 5.41) is 1.00. The second-order valence-electron chi connectivity index (χ2n) is 5.07. The quantitative estimate of drug-likeness (QED) is 0.670. The van der Waals surface area contributed by atoms with Crippen molar-refractivity contribution in [3.05, 3.63) is 0 Å². The highest BCUT2D eigenvalue weighted by atomic mass is 79.9. The molecule has 0 aliphatic heterocycles. The van der Waals surface area contributed by atoms with E-state index in [0.717, 1.165) is 24.1 Å². The molecule has 2 unspecified atom stereocenters. The van der Waals surface area contributed by atoms with Crippen molar-refractivity contribution in [3.63, 3.8) is 0 Å². The predicted molar refractivity (Wildman–Crippen MR) is 69.6 cm³/mol. The molecule has 90 valence electrons. The molecule has 0 aromatic carbocycles. The molecular formula is C13H25BrO. The van der Waals surface area contributed by atoms with E-state index in [1.54, 1.807) is 0 Å². The van der Waals surface area contributed by atoms with E-state index in [4.69, 9.17) is 4.74 Å². The molecule has 2 atom stereocenters. The molecule has 0 aromatic heterocycles. The van der Waals surface area contributed by atoms with Gasteiger partial charge in [0.1, 0.15) is 0 Å². The normalized spacial score (nSPS) is 32.2. The highest BCUT2D eigenvalue weighted by Gasteiger charge is 2.36. The minimum atomic E-state index is 0.133. The fourth-order valence-corrected chi connectivity index (χ4v) is 3.32. The summed E-state index contributed by atoms with van der Waals surface area (Å²) < 4.78 is 6.35. The summed E-state index contributed by atoms with van der Waals surface area (Å²) in [6.07, 6.45) is 7.90. The average molecular weight is 277 g/mol. The first kappa shape index (κ1) is 13.5. The first-order valence-corrected chi connectivity index (χ1v) is 7.51. The van der Waals surface area contributed by atoms with Crippen LogP contribution in [0.3, 0.4) is 0 Å². The zero-order chi connectivity index (χ0) is 11.3. The standard InChI is InChI=1S/C13H25BrO/c1-4-12(5-2)15-13(10-14)8-6-7-11(3)9-13/h11-12H,4-10H2,1-3H3. The van der Waals surface area contributed by atoms with Crippen LogP contribution in [0.5, 0.6) is 0 Å². The number of halogens is 1. The molecular weight excluding hydrogens is 252 g/mol. The summed E-state index contributed by atoms with van der Waals surface area (Å²) in [4.78, 5) is 0. The molecule has 0 aromatic rings. The summed E-state index contributed by atoms with van der Waals surface area (Å²) in [6.45, 7) is 6.80. The minimum absolute atomic E-state index is 0.133. The molecule has 0 amide bonds. The molecule has 1 saturated carbocycles. The Bertz CT molecular complexity index is 179. The maximum absolute atomic E-state index is 6.35. The van der Waals surface area contributed by atoms with E-state index < -0.39 is 0 Å². The van der Waals surface area contributed by atoms with E-state index in [1.807, 2.05) is 0 Å². The maximum atomic E-state index is 6.35. The van der Waals surface area contributed by atoms with Crippen LogP contribution in [0.2, 0.25) is 0 Å². The van der Waals surface area contributed by atoms with E-state index >= 15 is 0 Å². The fraction of sp³-hybridized carbons (Fsp3) is 1.00. The van der Waals surface area contributed by atoms with Crippen molar-refractivity contribution < 1.29 is 4.74 Å². The highest BCUT2D eigenvalue weighted by Crippen LogP contribution is 2.37. The molecule has 1 nitrogen and oxygen atoms in total. The van der Waals surface area contributed by atoms with E-state index in [1.165, 1.54) is 25.7 Å². The maximum Gasteiger partial charge on any atom is 0.0785 e. The van der Waals surface area contributed by atoms with E-state index in [9.17, 15) is 0 Å². The molecule has 1 fully saturated rings. The Morgan fingerprint density at radius 2 is 2.07 bits per heavy atom. The van der Waals surface area contributed by atoms with E-state index in [-0.39, 0.29) is 5.60 Å². The number of ether oxygens (including phenoxy) is 1. The zero-order valence-corrected chi connectivity index (χ0v) is 12.0. The van der Waals surface area contributed by atoms with Crippen molar-refractivity contribution in [2.75, 3.05) is 5.33 Å². The van der Waals surface area contributed by atoms with Crippen LogP contribution in [-0.2, 0) is 4.74 Å². The molecule has 15 heavy (non-hydrogen) atoms. The number of rotatable bonds is 5. The van der Waals surface area contributed by atoms with Gasteiger partial charge in [0.25, 0.3) is 0 Å². The Morgan fingerprint density at radius 1 is 1.40 bits per heavy atom. The van der Waals surface area contributed by atoms with Crippen LogP contribution in [-0.4, -0.2) is 17.0 Å². The van der Waals surface area contributed by atoms with Crippen LogP contribution in [0.25, 0.3) is 0 Å². The lowest BCUT2D eigenvalue weighted by Crippen LogP contribution is -2.42. The van der Waals surface area contributed by atoms with Gasteiger partial charge in [-0.15, -0.1) is 0 Å². The van der Waals surface area contributed by atoms with Crippen molar-refractivity contribution in [2.24, 2.45) is 5.92 Å². The van der Waals surface area contributed by atoms with Crippen LogP contribution in [0.4, 0.5) is 0 Å². The van der Waals surface area contributed by atoms with Gasteiger partial charge in [-0.3, -0.25) is 0 Å². The van der Waals surface area contributed by atoms with Gasteiger partial charge in [0.2, 0.25) is 0 Å². The molecule has 0 N–H and O–H groups in total. The van der Waals surface area contributed by atoms with Crippen molar-refractivity contribution in [2.45, 2.75) is 71.0 Å². The first-order valence-electron chi connectivity index (χ1n) is 6.39. The van der Waals surface area contributed by atoms with Crippen LogP contribution in [0.1, 0.15) is 59.3 Å². The van der Waals surface area contributed by atoms with Gasteiger partial charge in [-0.1, -0.05) is 49.5 Å². The van der Waals surface area contributed by atoms with Gasteiger partial charge in [-0.25, -0.2) is 0 Å². The SMILES string of the molecule is CCC(CC)OC1(CBr)CCCC(C)C1. The minimum Gasteiger partial charge on any atom is -0.371 e. The van der Waals surface area contributed by atoms with Gasteiger partial charge in [-0.05, 0) is 31.6 Å². The topological polar surface area (TPSA) is 9.23 Å². The molecule has 0 radical (unpaired) electrons. The molecule has 0 bridgehead atoms. The molecule has 0 heterocycles. The third-order valence-electron chi connectivity index (χ3n) is 3.62. The van der Waals surface area contributed by atoms with Crippen LogP contribution in [0, 0.1) is 5.92 Å². The lowest BCUT2D eigenvalue weighted by molar-refractivity contribution is -0.108. The molecule has 0 saturated heterocycles. The third kappa shape index (κ3) is 3.74. The second-order valence-corrected chi connectivity index (χ2v) is 5.64. The summed E-state index contributed by atoms with van der Waals surface area (Å²) in [5.74, 6) is 0.825. The summed E-state index contributed by atoms with van der Waals surface area (Å²) in [7, 11) is 0. The molecule has 1 aliphatic rings. The van der Waals surface area contributed by atoms with Crippen molar-refractivity contribution >= 4 is 15.9 Å². The lowest BCUT2D eigenvalue weighted by Gasteiger charge is -2.41. The smallest absolute Gasteiger partial charge is 0.0785 e. The number of hydrogen-bond acceptors (Lipinski definition) is 1. The monoisotopic (exact) mass is 276 g/mol. The molecule has 2 heteroatoms. The summed E-state index contributed by atoms with van der Waals surface area (Å²) in [5.41, 5.74) is 0.133. The van der Waals surface area contributed by atoms with E-state index in [2.05, 4.69) is 36.7 Å². The lowest BCUT2D eigenvalue weighted by atomic mass is 9.80. The predicted octanol–water partition coefficient (Wildman–Crippen LogP) is 4.54. The number of hydrogen-bond donors (Lipinski definition) is 0. The van der Waals surface area contributed by atoms with Gasteiger partial charge in [-0.2, -0.15) is 0 Å². The van der Waals surface area contributed by atoms with Crippen molar-refractivity contribution in [1.82, 2.24) is 0 Å².